The van der Waals surface area contributed by atoms with Gasteiger partial charge in [0.15, 0.2) is 0 Å². The van der Waals surface area contributed by atoms with Crippen molar-refractivity contribution in [3.8, 4) is 0 Å². The van der Waals surface area contributed by atoms with Crippen molar-refractivity contribution < 1.29 is 0 Å². The molecule has 6 aliphatic carbocycles. The van der Waals surface area contributed by atoms with Gasteiger partial charge in [-0.2, -0.15) is 0 Å². The van der Waals surface area contributed by atoms with Gasteiger partial charge in [0.05, 0.1) is 0 Å². The van der Waals surface area contributed by atoms with Crippen LogP contribution in [-0.2, 0) is 22.7 Å². The molecule has 2 heterocycles. The highest BCUT2D eigenvalue weighted by atomic mass is 32.1. The quantitative estimate of drug-likeness (QED) is 0.462. The number of allylic oxidation sites excluding steroid dienone is 4. The summed E-state index contributed by atoms with van der Waals surface area (Å²) in [7, 11) is 0. The fourth-order valence-electron chi connectivity index (χ4n) is 5.69. The molecule has 2 aliphatic heterocycles. The molecule has 0 unspecified atom stereocenters. The summed E-state index contributed by atoms with van der Waals surface area (Å²) in [4.78, 5) is 6.74. The largest absolute Gasteiger partial charge is 0.296 e. The summed E-state index contributed by atoms with van der Waals surface area (Å²) in [6.45, 7) is 0. The Morgan fingerprint density at radius 1 is 0.545 bits per heavy atom. The molecule has 8 rings (SSSR count). The van der Waals surface area contributed by atoms with Gasteiger partial charge < -0.3 is 0 Å². The van der Waals surface area contributed by atoms with E-state index in [1.165, 1.54) is 51.4 Å². The number of rotatable bonds is 0. The van der Waals surface area contributed by atoms with E-state index in [1.807, 2.05) is 0 Å². The van der Waals surface area contributed by atoms with Crippen LogP contribution in [0.2, 0.25) is 0 Å². The molecule has 6 saturated carbocycles. The Labute approximate surface area is 140 Å². The molecule has 0 aromatic rings. The van der Waals surface area contributed by atoms with Crippen LogP contribution in [0.1, 0.15) is 51.4 Å². The Morgan fingerprint density at radius 2 is 0.909 bits per heavy atom. The summed E-state index contributed by atoms with van der Waals surface area (Å²) in [5.41, 5.74) is 3.49. The molecule has 4 bridgehead atoms. The van der Waals surface area contributed by atoms with Crippen LogP contribution in [0.15, 0.2) is 33.1 Å². The van der Waals surface area contributed by atoms with Crippen molar-refractivity contribution in [3.05, 3.63) is 33.1 Å². The molecule has 0 amide bonds. The molecule has 0 atom stereocenters. The van der Waals surface area contributed by atoms with E-state index in [9.17, 15) is 0 Å². The number of hydrogen-bond acceptors (Lipinski definition) is 0. The van der Waals surface area contributed by atoms with Gasteiger partial charge in [0.25, 0.3) is 9.81 Å². The maximum Gasteiger partial charge on any atom is 0.296 e. The van der Waals surface area contributed by atoms with Gasteiger partial charge in [-0.3, -0.25) is 0 Å². The van der Waals surface area contributed by atoms with Crippen molar-refractivity contribution in [2.45, 2.75) is 51.4 Å². The van der Waals surface area contributed by atoms with Gasteiger partial charge in [-0.15, -0.1) is 0 Å². The van der Waals surface area contributed by atoms with Crippen molar-refractivity contribution >= 4 is 32.4 Å². The van der Waals surface area contributed by atoms with Crippen LogP contribution >= 0.6 is 0 Å². The Balaban J connectivity index is 1.47. The molecule has 22 heavy (non-hydrogen) atoms. The van der Waals surface area contributed by atoms with E-state index in [0.29, 0.717) is 0 Å². The van der Waals surface area contributed by atoms with Crippen molar-refractivity contribution in [3.63, 3.8) is 0 Å². The minimum atomic E-state index is 0.899. The fraction of sp³-hybridized carbons (Fsp3) is 0.600. The average Bonchev–Trinajstić information content (AvgIpc) is 3.23. The maximum atomic E-state index is 2.59. The molecule has 0 spiro atoms. The van der Waals surface area contributed by atoms with Crippen molar-refractivity contribution in [1.82, 2.24) is 0 Å². The maximum absolute atomic E-state index is 2.59. The van der Waals surface area contributed by atoms with Crippen LogP contribution in [0.5, 0.6) is 0 Å². The van der Waals surface area contributed by atoms with Crippen molar-refractivity contribution in [2.24, 2.45) is 23.7 Å². The zero-order valence-corrected chi connectivity index (χ0v) is 14.6. The van der Waals surface area contributed by atoms with E-state index >= 15 is 0 Å². The zero-order valence-electron chi connectivity index (χ0n) is 12.9. The van der Waals surface area contributed by atoms with E-state index < -0.39 is 0 Å². The molecule has 0 saturated heterocycles. The molecular weight excluding hydrogens is 304 g/mol. The van der Waals surface area contributed by atoms with E-state index in [2.05, 4.69) is 34.9 Å². The van der Waals surface area contributed by atoms with Crippen molar-refractivity contribution in [1.29, 1.82) is 0 Å². The Bertz CT molecular complexity index is 593. The molecule has 8 aliphatic rings. The molecule has 0 aromatic carbocycles. The van der Waals surface area contributed by atoms with Gasteiger partial charge >= 0.3 is 0 Å². The molecule has 6 fully saturated rings. The van der Waals surface area contributed by atoms with E-state index in [4.69, 9.17) is 0 Å². The van der Waals surface area contributed by atoms with E-state index in [1.54, 1.807) is 30.7 Å². The number of fused-ring (bicyclic) bond motifs is 4. The molecule has 0 nitrogen and oxygen atoms in total. The first kappa shape index (κ1) is 12.8. The third-order valence-corrected chi connectivity index (χ3v) is 9.72. The van der Waals surface area contributed by atoms with Gasteiger partial charge in [-0.05, 0) is 63.2 Å². The second kappa shape index (κ2) is 4.48. The summed E-state index contributed by atoms with van der Waals surface area (Å²) in [6, 6.07) is 0. The minimum Gasteiger partial charge on any atom is -0.0454 e. The minimum absolute atomic E-state index is 0.899. The van der Waals surface area contributed by atoms with Crippen LogP contribution < -0.4 is 0 Å². The highest BCUT2D eigenvalue weighted by molar-refractivity contribution is 7.88. The van der Waals surface area contributed by atoms with E-state index in [-0.39, 0.29) is 0 Å². The summed E-state index contributed by atoms with van der Waals surface area (Å²) in [6.07, 6.45) is 16.9. The van der Waals surface area contributed by atoms with Crippen molar-refractivity contribution in [2.75, 3.05) is 0 Å². The average molecular weight is 327 g/mol. The lowest BCUT2D eigenvalue weighted by molar-refractivity contribution is 0.339. The fourth-order valence-corrected chi connectivity index (χ4v) is 8.60. The van der Waals surface area contributed by atoms with Gasteiger partial charge in [0.2, 0.25) is 32.4 Å². The third kappa shape index (κ3) is 1.63. The number of hydrogen-bond donors (Lipinski definition) is 0. The van der Waals surface area contributed by atoms with E-state index in [0.717, 1.165) is 23.7 Å². The molecule has 112 valence electrons. The highest BCUT2D eigenvalue weighted by Crippen LogP contribution is 2.48. The first-order valence-corrected chi connectivity index (χ1v) is 10.8. The van der Waals surface area contributed by atoms with Crippen LogP contribution in [0.4, 0.5) is 0 Å². The topological polar surface area (TPSA) is 0 Å². The lowest BCUT2D eigenvalue weighted by Gasteiger charge is -2.34. The van der Waals surface area contributed by atoms with Crippen LogP contribution in [0.3, 0.4) is 0 Å². The summed E-state index contributed by atoms with van der Waals surface area (Å²) in [5.74, 6) is 3.61. The third-order valence-electron chi connectivity index (χ3n) is 6.90. The first-order valence-electron chi connectivity index (χ1n) is 9.14. The predicted molar refractivity (Wildman–Crippen MR) is 98.8 cm³/mol. The standard InChI is InChI=1S/C20H22S2/c1-5-13-6-2-11(1)15-9-17(21-19(13)15)18-10-16-12-3-7-14(8-4-12)20(16)22-18/h9-14H,1-8H2/q+2/b18-17-. The summed E-state index contributed by atoms with van der Waals surface area (Å²) in [5, 5.41) is 0. The van der Waals surface area contributed by atoms with Gasteiger partial charge in [0, 0.05) is 35.1 Å². The first-order chi connectivity index (χ1) is 10.9. The van der Waals surface area contributed by atoms with Gasteiger partial charge in [-0.1, -0.05) is 0 Å². The molecule has 0 radical (unpaired) electrons. The summed E-state index contributed by atoms with van der Waals surface area (Å²) >= 11 is 4.30. The smallest absolute Gasteiger partial charge is 0.0454 e. The predicted octanol–water partition coefficient (Wildman–Crippen LogP) is 4.23. The lowest BCUT2D eigenvalue weighted by atomic mass is 9.67. The Kier molecular flexibility index (Phi) is 2.60. The lowest BCUT2D eigenvalue weighted by Crippen LogP contribution is -2.33. The highest BCUT2D eigenvalue weighted by Gasteiger charge is 2.50. The molecule has 2 heteroatoms. The molecule has 0 aromatic heterocycles. The molecule has 0 N–H and O–H groups in total. The second-order valence-electron chi connectivity index (χ2n) is 7.96. The van der Waals surface area contributed by atoms with Gasteiger partial charge in [-0.25, -0.2) is 0 Å². The normalized spacial score (nSPS) is 44.4. The second-order valence-corrected chi connectivity index (χ2v) is 10.1. The summed E-state index contributed by atoms with van der Waals surface area (Å²) < 4.78 is 0. The van der Waals surface area contributed by atoms with Crippen LogP contribution in [0.25, 0.3) is 0 Å². The monoisotopic (exact) mass is 326 g/mol. The van der Waals surface area contributed by atoms with Gasteiger partial charge in [0.1, 0.15) is 0 Å². The Morgan fingerprint density at radius 3 is 1.27 bits per heavy atom. The molecular formula is C20H22S2+2. The Hall–Kier alpha value is -0.600. The van der Waals surface area contributed by atoms with Crippen LogP contribution in [-0.4, -0.2) is 9.73 Å². The SMILES string of the molecule is C1=C2C(=[S+]/C1=C1/C=C3C(=[S+]1)C1CCC3CC1)C1CCC2CC1. The zero-order chi connectivity index (χ0) is 14.3. The van der Waals surface area contributed by atoms with Crippen LogP contribution in [0, 0.1) is 23.7 Å².